The average Bonchev–Trinajstić information content (AvgIpc) is 2.25. The van der Waals surface area contributed by atoms with Crippen LogP contribution in [0.3, 0.4) is 0 Å². The van der Waals surface area contributed by atoms with E-state index in [2.05, 4.69) is 0 Å². The summed E-state index contributed by atoms with van der Waals surface area (Å²) >= 11 is 0. The molecule has 1 aliphatic heterocycles. The second kappa shape index (κ2) is 3.80. The van der Waals surface area contributed by atoms with Gasteiger partial charge in [0.1, 0.15) is 17.1 Å². The summed E-state index contributed by atoms with van der Waals surface area (Å²) in [5.41, 5.74) is 0.156. The van der Waals surface area contributed by atoms with E-state index in [9.17, 15) is 4.79 Å². The zero-order chi connectivity index (χ0) is 12.6. The van der Waals surface area contributed by atoms with E-state index in [1.165, 1.54) is 0 Å². The Hall–Kier alpha value is -1.97. The molecule has 4 nitrogen and oxygen atoms in total. The summed E-state index contributed by atoms with van der Waals surface area (Å²) in [6, 6.07) is 5.31. The molecule has 2 rings (SSSR count). The number of carboxylic acid groups (broad SMARTS) is 1. The number of hydrogen-bond donors (Lipinski definition) is 1. The molecule has 4 heteroatoms. The van der Waals surface area contributed by atoms with Gasteiger partial charge in [-0.15, -0.1) is 0 Å². The van der Waals surface area contributed by atoms with E-state index in [0.717, 1.165) is 5.56 Å². The number of methoxy groups -OCH3 is 1. The van der Waals surface area contributed by atoms with Crippen molar-refractivity contribution in [1.82, 2.24) is 0 Å². The van der Waals surface area contributed by atoms with Crippen molar-refractivity contribution >= 4 is 12.0 Å². The highest BCUT2D eigenvalue weighted by Crippen LogP contribution is 2.37. The maximum atomic E-state index is 11.1. The van der Waals surface area contributed by atoms with Crippen molar-refractivity contribution in [2.24, 2.45) is 0 Å². The maximum Gasteiger partial charge on any atom is 0.335 e. The molecule has 17 heavy (non-hydrogen) atoms. The number of fused-ring (bicyclic) bond motifs is 1. The maximum absolute atomic E-state index is 11.1. The molecule has 0 unspecified atom stereocenters. The molecular formula is C13H14O4. The van der Waals surface area contributed by atoms with E-state index in [0.29, 0.717) is 11.5 Å². The van der Waals surface area contributed by atoms with Crippen LogP contribution in [0.25, 0.3) is 6.08 Å². The molecule has 0 fully saturated rings. The summed E-state index contributed by atoms with van der Waals surface area (Å²) in [7, 11) is 1.58. The predicted octanol–water partition coefficient (Wildman–Crippen LogP) is 2.33. The topological polar surface area (TPSA) is 55.8 Å². The number of ether oxygens (including phenoxy) is 2. The van der Waals surface area contributed by atoms with Gasteiger partial charge in [0.05, 0.1) is 12.7 Å². The lowest BCUT2D eigenvalue weighted by atomic mass is 9.92. The Morgan fingerprint density at radius 3 is 2.71 bits per heavy atom. The van der Waals surface area contributed by atoms with Gasteiger partial charge in [0.25, 0.3) is 0 Å². The van der Waals surface area contributed by atoms with Crippen LogP contribution >= 0.6 is 0 Å². The zero-order valence-corrected chi connectivity index (χ0v) is 9.98. The smallest absolute Gasteiger partial charge is 0.335 e. The third-order valence-electron chi connectivity index (χ3n) is 2.76. The second-order valence-electron chi connectivity index (χ2n) is 4.38. The van der Waals surface area contributed by atoms with Crippen LogP contribution in [0.2, 0.25) is 0 Å². The number of carboxylic acids is 1. The minimum atomic E-state index is -0.962. The van der Waals surface area contributed by atoms with Gasteiger partial charge in [-0.05, 0) is 32.1 Å². The minimum Gasteiger partial charge on any atom is -0.497 e. The van der Waals surface area contributed by atoms with Crippen LogP contribution in [-0.4, -0.2) is 23.8 Å². The van der Waals surface area contributed by atoms with E-state index >= 15 is 0 Å². The van der Waals surface area contributed by atoms with Crippen LogP contribution in [0, 0.1) is 0 Å². The lowest BCUT2D eigenvalue weighted by molar-refractivity contribution is -0.134. The van der Waals surface area contributed by atoms with Crippen LogP contribution in [-0.2, 0) is 4.79 Å². The Balaban J connectivity index is 2.53. The van der Waals surface area contributed by atoms with Gasteiger partial charge in [0.15, 0.2) is 0 Å². The van der Waals surface area contributed by atoms with Gasteiger partial charge in [-0.2, -0.15) is 0 Å². The van der Waals surface area contributed by atoms with Crippen molar-refractivity contribution in [1.29, 1.82) is 0 Å². The number of hydrogen-bond acceptors (Lipinski definition) is 3. The van der Waals surface area contributed by atoms with Crippen molar-refractivity contribution in [3.8, 4) is 11.5 Å². The summed E-state index contributed by atoms with van der Waals surface area (Å²) in [4.78, 5) is 11.1. The van der Waals surface area contributed by atoms with Crippen molar-refractivity contribution in [3.05, 3.63) is 29.3 Å². The van der Waals surface area contributed by atoms with Gasteiger partial charge in [-0.25, -0.2) is 4.79 Å². The van der Waals surface area contributed by atoms with Crippen LogP contribution in [0.1, 0.15) is 19.4 Å². The van der Waals surface area contributed by atoms with Crippen LogP contribution in [0.15, 0.2) is 23.8 Å². The van der Waals surface area contributed by atoms with Gasteiger partial charge in [0, 0.05) is 11.6 Å². The molecule has 0 radical (unpaired) electrons. The molecule has 1 N–H and O–H groups in total. The van der Waals surface area contributed by atoms with E-state index in [1.54, 1.807) is 45.2 Å². The molecule has 1 aliphatic rings. The van der Waals surface area contributed by atoms with Crippen LogP contribution in [0.4, 0.5) is 0 Å². The molecule has 0 aromatic heterocycles. The van der Waals surface area contributed by atoms with E-state index in [1.807, 2.05) is 0 Å². The third-order valence-corrected chi connectivity index (χ3v) is 2.76. The zero-order valence-electron chi connectivity index (χ0n) is 9.98. The number of aliphatic carboxylic acids is 1. The summed E-state index contributed by atoms with van der Waals surface area (Å²) in [6.45, 7) is 3.46. The largest absolute Gasteiger partial charge is 0.497 e. The third kappa shape index (κ3) is 1.98. The molecule has 0 aliphatic carbocycles. The standard InChI is InChI=1S/C13H14O4/c1-13(2)10(12(14)15)6-8-4-5-9(16-3)7-11(8)17-13/h4-7H,1-3H3,(H,14,15). The van der Waals surface area contributed by atoms with Crippen molar-refractivity contribution < 1.29 is 19.4 Å². The van der Waals surface area contributed by atoms with Gasteiger partial charge >= 0.3 is 5.97 Å². The molecule has 0 atom stereocenters. The molecule has 0 bridgehead atoms. The molecule has 90 valence electrons. The van der Waals surface area contributed by atoms with Crippen molar-refractivity contribution in [3.63, 3.8) is 0 Å². The highest BCUT2D eigenvalue weighted by atomic mass is 16.5. The molecule has 0 saturated heterocycles. The molecule has 1 aromatic carbocycles. The van der Waals surface area contributed by atoms with E-state index in [-0.39, 0.29) is 5.57 Å². The summed E-state index contributed by atoms with van der Waals surface area (Å²) in [6.07, 6.45) is 1.64. The fourth-order valence-corrected chi connectivity index (χ4v) is 1.83. The van der Waals surface area contributed by atoms with Gasteiger partial charge in [0.2, 0.25) is 0 Å². The van der Waals surface area contributed by atoms with Gasteiger partial charge < -0.3 is 14.6 Å². The van der Waals surface area contributed by atoms with Crippen LogP contribution < -0.4 is 9.47 Å². The quantitative estimate of drug-likeness (QED) is 0.853. The van der Waals surface area contributed by atoms with E-state index in [4.69, 9.17) is 14.6 Å². The molecule has 1 aromatic rings. The predicted molar refractivity (Wildman–Crippen MR) is 63.3 cm³/mol. The molecule has 1 heterocycles. The first-order chi connectivity index (χ1) is 7.94. The number of carbonyl (C=O) groups is 1. The Bertz CT molecular complexity index is 500. The first-order valence-electron chi connectivity index (χ1n) is 5.26. The highest BCUT2D eigenvalue weighted by molar-refractivity contribution is 5.95. The molecule has 0 saturated carbocycles. The fourth-order valence-electron chi connectivity index (χ4n) is 1.83. The Morgan fingerprint density at radius 1 is 1.41 bits per heavy atom. The SMILES string of the molecule is COc1ccc2c(c1)OC(C)(C)C(C(=O)O)=C2. The summed E-state index contributed by atoms with van der Waals surface area (Å²) in [5.74, 6) is 0.363. The second-order valence-corrected chi connectivity index (χ2v) is 4.38. The lowest BCUT2D eigenvalue weighted by Crippen LogP contribution is -2.36. The van der Waals surface area contributed by atoms with Crippen molar-refractivity contribution in [2.75, 3.05) is 7.11 Å². The molecular weight excluding hydrogens is 220 g/mol. The monoisotopic (exact) mass is 234 g/mol. The van der Waals surface area contributed by atoms with Gasteiger partial charge in [-0.1, -0.05) is 0 Å². The first kappa shape index (κ1) is 11.5. The molecule has 0 spiro atoms. The number of rotatable bonds is 2. The fraction of sp³-hybridized carbons (Fsp3) is 0.308. The van der Waals surface area contributed by atoms with Gasteiger partial charge in [-0.3, -0.25) is 0 Å². The first-order valence-corrected chi connectivity index (χ1v) is 5.26. The summed E-state index contributed by atoms with van der Waals surface area (Å²) in [5, 5.41) is 9.13. The normalized spacial score (nSPS) is 16.5. The Morgan fingerprint density at radius 2 is 2.12 bits per heavy atom. The Labute approximate surface area is 99.5 Å². The number of benzene rings is 1. The summed E-state index contributed by atoms with van der Waals surface area (Å²) < 4.78 is 10.8. The van der Waals surface area contributed by atoms with Crippen molar-refractivity contribution in [2.45, 2.75) is 19.4 Å². The highest BCUT2D eigenvalue weighted by Gasteiger charge is 2.34. The molecule has 0 amide bonds. The average molecular weight is 234 g/mol. The van der Waals surface area contributed by atoms with E-state index < -0.39 is 11.6 Å². The Kier molecular flexibility index (Phi) is 2.58. The van der Waals surface area contributed by atoms with Crippen LogP contribution in [0.5, 0.6) is 11.5 Å². The lowest BCUT2D eigenvalue weighted by Gasteiger charge is -2.31. The minimum absolute atomic E-state index is 0.246.